The quantitative estimate of drug-likeness (QED) is 0.0323. The molecule has 16 nitrogen and oxygen atoms in total. The fourth-order valence-electron chi connectivity index (χ4n) is 12.7. The minimum absolute atomic E-state index is 0.140. The first-order valence-corrected chi connectivity index (χ1v) is 25.7. The van der Waals surface area contributed by atoms with Crippen LogP contribution in [0.25, 0.3) is 22.3 Å². The minimum atomic E-state index is -1.01. The van der Waals surface area contributed by atoms with Gasteiger partial charge in [-0.3, -0.25) is 38.4 Å². The number of hydrogen-bond donors (Lipinski definition) is 8. The van der Waals surface area contributed by atoms with Gasteiger partial charge < -0.3 is 40.9 Å². The largest absolute Gasteiger partial charge is 0.481 e. The van der Waals surface area contributed by atoms with Gasteiger partial charge in [-0.1, -0.05) is 92.5 Å². The van der Waals surface area contributed by atoms with Crippen LogP contribution in [0.1, 0.15) is 147 Å². The number of hydrogen-bond acceptors (Lipinski definition) is 8. The van der Waals surface area contributed by atoms with E-state index in [2.05, 4.69) is 31.9 Å². The molecule has 0 spiro atoms. The molecule has 0 saturated heterocycles. The molecule has 0 fully saturated rings. The van der Waals surface area contributed by atoms with E-state index in [-0.39, 0.29) is 103 Å². The lowest BCUT2D eigenvalue weighted by molar-refractivity contribution is -0.139. The van der Waals surface area contributed by atoms with Crippen LogP contribution in [0.4, 0.5) is 0 Å². The summed E-state index contributed by atoms with van der Waals surface area (Å²) in [6.45, 7) is 0. The van der Waals surface area contributed by atoms with Gasteiger partial charge >= 0.3 is 47.8 Å². The predicted molar refractivity (Wildman–Crippen MR) is 276 cm³/mol. The van der Waals surface area contributed by atoms with Crippen LogP contribution in [0.15, 0.2) is 93.9 Å². The van der Waals surface area contributed by atoms with Gasteiger partial charge in [0.1, 0.15) is 0 Å². The van der Waals surface area contributed by atoms with Crippen molar-refractivity contribution in [3.63, 3.8) is 0 Å². The summed E-state index contributed by atoms with van der Waals surface area (Å²) < 4.78 is 1.48. The second-order valence-electron chi connectivity index (χ2n) is 19.4. The third kappa shape index (κ3) is 10.3. The van der Waals surface area contributed by atoms with Crippen LogP contribution in [0.3, 0.4) is 0 Å². The molecule has 0 aliphatic heterocycles. The molecule has 4 aliphatic carbocycles. The minimum Gasteiger partial charge on any atom is -0.481 e. The van der Waals surface area contributed by atoms with E-state index >= 15 is 0 Å². The summed E-state index contributed by atoms with van der Waals surface area (Å²) in [7, 11) is 0. The third-order valence-electron chi connectivity index (χ3n) is 15.5. The molecule has 0 radical (unpaired) electrons. The molecule has 8 rings (SSSR count). The maximum Gasteiger partial charge on any atom is 0.303 e. The van der Waals surface area contributed by atoms with Crippen LogP contribution >= 0.6 is 31.9 Å². The van der Waals surface area contributed by atoms with Crippen molar-refractivity contribution >= 4 is 102 Å². The molecule has 0 atom stereocenters. The molecular weight excluding hydrogens is 1090 g/mol. The number of rotatable bonds is 24. The van der Waals surface area contributed by atoms with Crippen LogP contribution in [-0.4, -0.2) is 88.6 Å². The highest BCUT2D eigenvalue weighted by Crippen LogP contribution is 2.69. The Morgan fingerprint density at radius 3 is 0.730 bits per heavy atom. The maximum atomic E-state index is 11.8. The van der Waals surface area contributed by atoms with Crippen LogP contribution in [0.2, 0.25) is 0 Å². The number of halogens is 2. The van der Waals surface area contributed by atoms with Crippen molar-refractivity contribution in [3.05, 3.63) is 138 Å². The summed E-state index contributed by atoms with van der Waals surface area (Å²) in [4.78, 5) is 94.0. The summed E-state index contributed by atoms with van der Waals surface area (Å²) in [6.07, 6.45) is -0.259. The lowest BCUT2D eigenvalue weighted by atomic mass is 9.67. The number of fused-ring (bicyclic) bond motifs is 8. The van der Waals surface area contributed by atoms with Crippen LogP contribution in [-0.2, 0) is 60.0 Å². The summed E-state index contributed by atoms with van der Waals surface area (Å²) in [6, 6.07) is 26.1. The summed E-state index contributed by atoms with van der Waals surface area (Å²) >= 11 is 7.03. The highest BCUT2D eigenvalue weighted by Gasteiger charge is 2.58. The van der Waals surface area contributed by atoms with E-state index in [9.17, 15) is 79.2 Å². The van der Waals surface area contributed by atoms with Crippen LogP contribution in [0, 0.1) is 0 Å². The molecule has 0 amide bonds. The second-order valence-corrected chi connectivity index (χ2v) is 21.3. The van der Waals surface area contributed by atoms with Gasteiger partial charge in [0.05, 0.1) is 0 Å². The highest BCUT2D eigenvalue weighted by atomic mass is 79.9. The molecule has 18 heteroatoms. The van der Waals surface area contributed by atoms with E-state index in [1.165, 1.54) is 0 Å². The number of allylic oxidation sites excluding steroid dienone is 4. The van der Waals surface area contributed by atoms with Gasteiger partial charge in [-0.15, -0.1) is 0 Å². The first-order valence-electron chi connectivity index (χ1n) is 24.1. The first-order chi connectivity index (χ1) is 35.0. The van der Waals surface area contributed by atoms with E-state index in [0.717, 1.165) is 75.7 Å². The van der Waals surface area contributed by atoms with Gasteiger partial charge in [0.2, 0.25) is 0 Å². The van der Waals surface area contributed by atoms with E-state index < -0.39 is 69.4 Å². The molecule has 388 valence electrons. The Labute approximate surface area is 441 Å². The second kappa shape index (κ2) is 21.9. The SMILES string of the molecule is O=C(O)CCC1(CCC(=O)O)C2=C(c3ccc(Br)cc31)C(CCC(=O)O)(CCC(=O)O)c1cc(Br)ccc12.O=C(O)CCC1(CCC(=O)O)C2=C(c3ccccc31)C(CCC(=O)O)(CCC(=O)O)c1ccccc12. The molecule has 0 unspecified atom stereocenters. The van der Waals surface area contributed by atoms with E-state index in [0.29, 0.717) is 0 Å². The molecule has 0 saturated carbocycles. The zero-order valence-corrected chi connectivity index (χ0v) is 43.2. The summed E-state index contributed by atoms with van der Waals surface area (Å²) in [5.74, 6) is -8.03. The van der Waals surface area contributed by atoms with E-state index in [1.54, 1.807) is 0 Å². The van der Waals surface area contributed by atoms with Crippen LogP contribution < -0.4 is 0 Å². The predicted octanol–water partition coefficient (Wildman–Crippen LogP) is 10.6. The average molecular weight is 1140 g/mol. The van der Waals surface area contributed by atoms with Crippen LogP contribution in [0.5, 0.6) is 0 Å². The van der Waals surface area contributed by atoms with Crippen molar-refractivity contribution in [1.82, 2.24) is 0 Å². The fourth-order valence-corrected chi connectivity index (χ4v) is 13.4. The Bertz CT molecular complexity index is 2780. The van der Waals surface area contributed by atoms with Crippen molar-refractivity contribution in [2.24, 2.45) is 0 Å². The maximum absolute atomic E-state index is 11.8. The third-order valence-corrected chi connectivity index (χ3v) is 16.5. The Morgan fingerprint density at radius 1 is 0.297 bits per heavy atom. The molecule has 0 bridgehead atoms. The fraction of sp³-hybridized carbons (Fsp3) is 0.357. The van der Waals surface area contributed by atoms with Gasteiger partial charge in [0.25, 0.3) is 0 Å². The molecule has 74 heavy (non-hydrogen) atoms. The Hall–Kier alpha value is -6.92. The standard InChI is InChI=1S/C28H26Br2O8.C28H28O8/c29-15-1-3-17-19(13-15)27(9-5-21(31)32,10-6-22(33)34)26-18-4-2-16(30)14-20(18)28(25(17)26,11-7-23(35)36)12-8-24(37)38;29-21(30)9-13-27(14-10-22(31)32)19-7-3-1-5-17(19)25-26(27)18-6-2-4-8-20(18)28(25,15-11-23(33)34)16-12-24(35)36/h1-4,13-14H,5-12H2,(H,31,32)(H,33,34)(H,35,36)(H,37,38);1-8H,9-16H2,(H,29,30)(H,31,32)(H,33,34)(H,35,36). The monoisotopic (exact) mass is 1140 g/mol. The lowest BCUT2D eigenvalue weighted by Gasteiger charge is -2.36. The van der Waals surface area contributed by atoms with E-state index in [1.807, 2.05) is 84.9 Å². The van der Waals surface area contributed by atoms with Gasteiger partial charge in [-0.2, -0.15) is 0 Å². The smallest absolute Gasteiger partial charge is 0.303 e. The van der Waals surface area contributed by atoms with Gasteiger partial charge in [0, 0.05) is 82.0 Å². The molecule has 0 aromatic heterocycles. The van der Waals surface area contributed by atoms with Crippen molar-refractivity contribution in [3.8, 4) is 0 Å². The Balaban J connectivity index is 0.000000217. The molecule has 8 N–H and O–H groups in total. The molecule has 4 aromatic carbocycles. The van der Waals surface area contributed by atoms with Gasteiger partial charge in [-0.05, 0) is 142 Å². The zero-order chi connectivity index (χ0) is 53.9. The number of carboxylic acid groups (broad SMARTS) is 8. The van der Waals surface area contributed by atoms with Crippen molar-refractivity contribution in [2.75, 3.05) is 0 Å². The van der Waals surface area contributed by atoms with Crippen molar-refractivity contribution < 1.29 is 79.2 Å². The molecule has 0 heterocycles. The molecular formula is C56H54Br2O16. The topological polar surface area (TPSA) is 298 Å². The first kappa shape index (κ1) is 54.8. The normalized spacial score (nSPS) is 16.1. The zero-order valence-electron chi connectivity index (χ0n) is 40.0. The molecule has 4 aliphatic rings. The van der Waals surface area contributed by atoms with Gasteiger partial charge in [-0.25, -0.2) is 0 Å². The summed E-state index contributed by atoms with van der Waals surface area (Å²) in [5, 5.41) is 76.9. The Kier molecular flexibility index (Phi) is 16.2. The molecule has 4 aromatic rings. The van der Waals surface area contributed by atoms with Gasteiger partial charge in [0.15, 0.2) is 0 Å². The number of benzene rings is 4. The average Bonchev–Trinajstić information content (AvgIpc) is 3.99. The number of aliphatic carboxylic acids is 8. The highest BCUT2D eigenvalue weighted by molar-refractivity contribution is 9.10. The lowest BCUT2D eigenvalue weighted by Crippen LogP contribution is -2.29. The van der Waals surface area contributed by atoms with Crippen molar-refractivity contribution in [2.45, 2.75) is 124 Å². The number of carboxylic acids is 8. The Morgan fingerprint density at radius 2 is 0.500 bits per heavy atom. The summed E-state index contributed by atoms with van der Waals surface area (Å²) in [5.41, 5.74) is 5.84. The van der Waals surface area contributed by atoms with E-state index in [4.69, 9.17) is 0 Å². The number of carbonyl (C=O) groups is 8. The van der Waals surface area contributed by atoms with Crippen molar-refractivity contribution in [1.29, 1.82) is 0 Å².